The summed E-state index contributed by atoms with van der Waals surface area (Å²) >= 11 is 0. The number of nitriles is 1. The van der Waals surface area contributed by atoms with E-state index in [4.69, 9.17) is 11.0 Å². The van der Waals surface area contributed by atoms with E-state index >= 15 is 0 Å². The molecule has 0 saturated carbocycles. The quantitative estimate of drug-likeness (QED) is 0.880. The minimum atomic E-state index is 0.473. The highest BCUT2D eigenvalue weighted by Gasteiger charge is 2.24. The van der Waals surface area contributed by atoms with Crippen molar-refractivity contribution >= 4 is 11.5 Å². The van der Waals surface area contributed by atoms with Gasteiger partial charge in [-0.15, -0.1) is 0 Å². The summed E-state index contributed by atoms with van der Waals surface area (Å²) < 4.78 is 0. The van der Waals surface area contributed by atoms with E-state index in [1.807, 2.05) is 18.2 Å². The third-order valence-corrected chi connectivity index (χ3v) is 3.86. The summed E-state index contributed by atoms with van der Waals surface area (Å²) in [7, 11) is 0. The molecule has 1 saturated heterocycles. The summed E-state index contributed by atoms with van der Waals surface area (Å²) in [6.45, 7) is 2.54. The van der Waals surface area contributed by atoms with E-state index < -0.39 is 0 Å². The van der Waals surface area contributed by atoms with Crippen LogP contribution in [0.3, 0.4) is 0 Å². The van der Waals surface area contributed by atoms with Gasteiger partial charge in [-0.05, 0) is 31.1 Å². The average Bonchev–Trinajstić information content (AvgIpc) is 2.94. The van der Waals surface area contributed by atoms with Crippen molar-refractivity contribution < 1.29 is 0 Å². The smallest absolute Gasteiger partial charge is 0.142 e. The molecule has 0 aromatic carbocycles. The average molecular weight is 267 g/mol. The Balaban J connectivity index is 1.65. The Morgan fingerprint density at radius 3 is 2.75 bits per heavy atom. The molecule has 2 aliphatic heterocycles. The first-order valence-corrected chi connectivity index (χ1v) is 6.89. The van der Waals surface area contributed by atoms with Gasteiger partial charge in [0.1, 0.15) is 17.6 Å². The number of rotatable bonds is 2. The zero-order valence-electron chi connectivity index (χ0n) is 11.3. The highest BCUT2D eigenvalue weighted by Crippen LogP contribution is 2.25. The van der Waals surface area contributed by atoms with Gasteiger partial charge in [0, 0.05) is 30.4 Å². The van der Waals surface area contributed by atoms with Crippen LogP contribution in [0.15, 0.2) is 35.0 Å². The molecule has 0 aliphatic carbocycles. The number of pyridine rings is 1. The van der Waals surface area contributed by atoms with E-state index in [9.17, 15) is 0 Å². The van der Waals surface area contributed by atoms with Gasteiger partial charge < -0.3 is 10.6 Å². The number of anilines is 1. The Bertz CT molecular complexity index is 603. The molecule has 0 spiro atoms. The van der Waals surface area contributed by atoms with Gasteiger partial charge in [0.15, 0.2) is 0 Å². The van der Waals surface area contributed by atoms with Crippen LogP contribution >= 0.6 is 0 Å². The van der Waals surface area contributed by atoms with Crippen LogP contribution in [-0.2, 0) is 0 Å². The van der Waals surface area contributed by atoms with Crippen LogP contribution in [0.5, 0.6) is 0 Å². The molecule has 0 atom stereocenters. The van der Waals surface area contributed by atoms with Crippen LogP contribution < -0.4 is 10.6 Å². The van der Waals surface area contributed by atoms with Crippen molar-refractivity contribution in [3.63, 3.8) is 0 Å². The molecule has 1 aromatic heterocycles. The van der Waals surface area contributed by atoms with E-state index in [-0.39, 0.29) is 0 Å². The van der Waals surface area contributed by atoms with Crippen LogP contribution in [-0.4, -0.2) is 30.3 Å². The standard InChI is InChI=1S/C15H17N5/c16-9-13-2-1-3-15(19-13)20-6-4-11(5-7-20)14-8-12(17)10-18-14/h1-3,8,11H,4-7,10,17H2. The molecule has 1 aromatic rings. The third-order valence-electron chi connectivity index (χ3n) is 3.86. The molecule has 0 unspecified atom stereocenters. The first kappa shape index (κ1) is 12.7. The third kappa shape index (κ3) is 2.50. The van der Waals surface area contributed by atoms with Gasteiger partial charge in [0.25, 0.3) is 0 Å². The molecule has 0 radical (unpaired) electrons. The second-order valence-electron chi connectivity index (χ2n) is 5.21. The SMILES string of the molecule is N#Cc1cccc(N2CCC(C3=NCC(N)=C3)CC2)n1. The zero-order valence-corrected chi connectivity index (χ0v) is 11.3. The molecule has 0 amide bonds. The number of aliphatic imine (C=N–C) groups is 1. The van der Waals surface area contributed by atoms with E-state index in [0.717, 1.165) is 43.2 Å². The Hall–Kier alpha value is -2.35. The Morgan fingerprint density at radius 1 is 1.30 bits per heavy atom. The minimum absolute atomic E-state index is 0.473. The van der Waals surface area contributed by atoms with Crippen LogP contribution in [0, 0.1) is 17.2 Å². The normalized spacial score (nSPS) is 19.4. The van der Waals surface area contributed by atoms with E-state index in [2.05, 4.69) is 20.9 Å². The fraction of sp³-hybridized carbons (Fsp3) is 0.400. The predicted molar refractivity (Wildman–Crippen MR) is 78.5 cm³/mol. The number of nitrogens with zero attached hydrogens (tertiary/aromatic N) is 4. The van der Waals surface area contributed by atoms with Crippen LogP contribution in [0.1, 0.15) is 18.5 Å². The molecule has 20 heavy (non-hydrogen) atoms. The topological polar surface area (TPSA) is 78.3 Å². The number of aromatic nitrogens is 1. The van der Waals surface area contributed by atoms with Gasteiger partial charge in [-0.25, -0.2) is 4.98 Å². The summed E-state index contributed by atoms with van der Waals surface area (Å²) in [6.07, 6.45) is 4.14. The minimum Gasteiger partial charge on any atom is -0.400 e. The lowest BCUT2D eigenvalue weighted by Gasteiger charge is -2.32. The molecule has 2 N–H and O–H groups in total. The van der Waals surface area contributed by atoms with Gasteiger partial charge in [0.2, 0.25) is 0 Å². The number of nitrogens with two attached hydrogens (primary N) is 1. The molecule has 1 fully saturated rings. The van der Waals surface area contributed by atoms with Crippen LogP contribution in [0.2, 0.25) is 0 Å². The van der Waals surface area contributed by atoms with Crippen molar-refractivity contribution in [2.45, 2.75) is 12.8 Å². The monoisotopic (exact) mass is 267 g/mol. The molecule has 102 valence electrons. The lowest BCUT2D eigenvalue weighted by molar-refractivity contribution is 0.500. The fourth-order valence-corrected chi connectivity index (χ4v) is 2.78. The van der Waals surface area contributed by atoms with Crippen molar-refractivity contribution in [3.8, 4) is 6.07 Å². The summed E-state index contributed by atoms with van der Waals surface area (Å²) in [6, 6.07) is 7.67. The van der Waals surface area contributed by atoms with Gasteiger partial charge in [-0.3, -0.25) is 4.99 Å². The van der Waals surface area contributed by atoms with Gasteiger partial charge in [-0.2, -0.15) is 5.26 Å². The maximum atomic E-state index is 8.91. The number of piperidine rings is 1. The summed E-state index contributed by atoms with van der Waals surface area (Å²) in [5.74, 6) is 1.40. The largest absolute Gasteiger partial charge is 0.400 e. The van der Waals surface area contributed by atoms with Gasteiger partial charge in [0.05, 0.1) is 6.54 Å². The molecule has 5 heteroatoms. The van der Waals surface area contributed by atoms with Crippen molar-refractivity contribution in [2.75, 3.05) is 24.5 Å². The number of allylic oxidation sites excluding steroid dienone is 1. The fourth-order valence-electron chi connectivity index (χ4n) is 2.78. The maximum Gasteiger partial charge on any atom is 0.142 e. The van der Waals surface area contributed by atoms with Gasteiger partial charge >= 0.3 is 0 Å². The molecule has 3 heterocycles. The first-order valence-electron chi connectivity index (χ1n) is 6.89. The molecule has 0 bridgehead atoms. The summed E-state index contributed by atoms with van der Waals surface area (Å²) in [5.41, 5.74) is 8.27. The lowest BCUT2D eigenvalue weighted by Crippen LogP contribution is -2.36. The molecule has 3 rings (SSSR count). The maximum absolute atomic E-state index is 8.91. The second-order valence-corrected chi connectivity index (χ2v) is 5.21. The highest BCUT2D eigenvalue weighted by molar-refractivity contribution is 5.99. The Kier molecular flexibility index (Phi) is 3.38. The predicted octanol–water partition coefficient (Wildman–Crippen LogP) is 1.47. The van der Waals surface area contributed by atoms with E-state index in [1.54, 1.807) is 6.07 Å². The number of hydrogen-bond donors (Lipinski definition) is 1. The summed E-state index contributed by atoms with van der Waals surface area (Å²) in [4.78, 5) is 11.1. The van der Waals surface area contributed by atoms with Crippen LogP contribution in [0.25, 0.3) is 0 Å². The van der Waals surface area contributed by atoms with Crippen molar-refractivity contribution in [2.24, 2.45) is 16.6 Å². The van der Waals surface area contributed by atoms with E-state index in [0.29, 0.717) is 18.2 Å². The van der Waals surface area contributed by atoms with Crippen molar-refractivity contribution in [1.29, 1.82) is 5.26 Å². The molecular formula is C15H17N5. The highest BCUT2D eigenvalue weighted by atomic mass is 15.2. The molecule has 2 aliphatic rings. The first-order chi connectivity index (χ1) is 9.76. The Labute approximate surface area is 118 Å². The zero-order chi connectivity index (χ0) is 13.9. The molecule has 5 nitrogen and oxygen atoms in total. The molecular weight excluding hydrogens is 250 g/mol. The van der Waals surface area contributed by atoms with Crippen molar-refractivity contribution in [3.05, 3.63) is 35.7 Å². The Morgan fingerprint density at radius 2 is 2.10 bits per heavy atom. The number of hydrogen-bond acceptors (Lipinski definition) is 5. The van der Waals surface area contributed by atoms with Crippen LogP contribution in [0.4, 0.5) is 5.82 Å². The van der Waals surface area contributed by atoms with Crippen molar-refractivity contribution in [1.82, 2.24) is 4.98 Å². The van der Waals surface area contributed by atoms with E-state index in [1.165, 1.54) is 0 Å². The summed E-state index contributed by atoms with van der Waals surface area (Å²) in [5, 5.41) is 8.91. The second kappa shape index (κ2) is 5.33. The van der Waals surface area contributed by atoms with Gasteiger partial charge in [-0.1, -0.05) is 6.07 Å². The lowest BCUT2D eigenvalue weighted by atomic mass is 9.92.